The number of rotatable bonds is 6. The Kier molecular flexibility index (Phi) is 5.32. The van der Waals surface area contributed by atoms with Gasteiger partial charge in [0.2, 0.25) is 0 Å². The molecule has 2 aromatic rings. The third kappa shape index (κ3) is 4.86. The van der Waals surface area contributed by atoms with Gasteiger partial charge in [-0.2, -0.15) is 8.78 Å². The predicted molar refractivity (Wildman–Crippen MR) is 75.5 cm³/mol. The van der Waals surface area contributed by atoms with Crippen LogP contribution in [0, 0.1) is 0 Å². The number of halogens is 3. The fourth-order valence-electron chi connectivity index (χ4n) is 1.68. The number of nitrogens with one attached hydrogen (secondary N) is 1. The second-order valence-corrected chi connectivity index (χ2v) is 4.91. The Labute approximate surface area is 128 Å². The van der Waals surface area contributed by atoms with Crippen molar-refractivity contribution in [3.8, 4) is 5.75 Å². The Morgan fingerprint density at radius 2 is 1.95 bits per heavy atom. The Balaban J connectivity index is 1.79. The quantitative estimate of drug-likeness (QED) is 0.856. The number of hydrogen-bond donors (Lipinski definition) is 1. The van der Waals surface area contributed by atoms with E-state index in [0.29, 0.717) is 17.6 Å². The van der Waals surface area contributed by atoms with E-state index in [1.165, 1.54) is 12.1 Å². The summed E-state index contributed by atoms with van der Waals surface area (Å²) in [5, 5.41) is 2.70. The zero-order valence-electron chi connectivity index (χ0n) is 10.8. The summed E-state index contributed by atoms with van der Waals surface area (Å²) in [7, 11) is 0. The van der Waals surface area contributed by atoms with E-state index in [-0.39, 0.29) is 17.4 Å². The third-order valence-corrected chi connectivity index (χ3v) is 3.07. The van der Waals surface area contributed by atoms with Crippen LogP contribution in [0.15, 0.2) is 45.5 Å². The summed E-state index contributed by atoms with van der Waals surface area (Å²) in [5.74, 6) is 0.0270. The van der Waals surface area contributed by atoms with Crippen LogP contribution in [0.4, 0.5) is 8.78 Å². The largest absolute Gasteiger partial charge is 0.444 e. The maximum Gasteiger partial charge on any atom is 0.387 e. The number of carbonyl (C=O) groups excluding carboxylic acids is 1. The van der Waals surface area contributed by atoms with Crippen LogP contribution in [0.5, 0.6) is 5.75 Å². The van der Waals surface area contributed by atoms with Crippen molar-refractivity contribution in [3.05, 3.63) is 52.4 Å². The third-order valence-electron chi connectivity index (χ3n) is 2.64. The number of ether oxygens (including phenoxy) is 1. The summed E-state index contributed by atoms with van der Waals surface area (Å²) in [6, 6.07) is 9.48. The van der Waals surface area contributed by atoms with Crippen molar-refractivity contribution in [2.24, 2.45) is 0 Å². The first-order chi connectivity index (χ1) is 10.0. The van der Waals surface area contributed by atoms with Gasteiger partial charge < -0.3 is 14.5 Å². The van der Waals surface area contributed by atoms with Gasteiger partial charge in [-0.3, -0.25) is 4.79 Å². The molecular weight excluding hydrogens is 348 g/mol. The van der Waals surface area contributed by atoms with Crippen molar-refractivity contribution in [2.45, 2.75) is 13.0 Å². The molecule has 0 atom stereocenters. The molecule has 0 bridgehead atoms. The molecule has 1 heterocycles. The number of amides is 1. The number of carbonyl (C=O) groups is 1. The highest BCUT2D eigenvalue weighted by Crippen LogP contribution is 2.15. The van der Waals surface area contributed by atoms with Crippen LogP contribution in [-0.4, -0.2) is 19.1 Å². The Bertz CT molecular complexity index is 599. The van der Waals surface area contributed by atoms with Crippen LogP contribution >= 0.6 is 15.9 Å². The predicted octanol–water partition coefficient (Wildman–Crippen LogP) is 3.62. The van der Waals surface area contributed by atoms with E-state index >= 15 is 0 Å². The molecule has 2 rings (SSSR count). The van der Waals surface area contributed by atoms with Crippen LogP contribution in [0.1, 0.15) is 16.1 Å². The van der Waals surface area contributed by atoms with Crippen LogP contribution in [0.2, 0.25) is 0 Å². The first-order valence-electron chi connectivity index (χ1n) is 6.12. The lowest BCUT2D eigenvalue weighted by Gasteiger charge is -2.06. The summed E-state index contributed by atoms with van der Waals surface area (Å²) in [4.78, 5) is 11.7. The van der Waals surface area contributed by atoms with Crippen LogP contribution in [0.3, 0.4) is 0 Å². The van der Waals surface area contributed by atoms with Gasteiger partial charge in [0.25, 0.3) is 5.91 Å². The van der Waals surface area contributed by atoms with Gasteiger partial charge in [-0.05, 0) is 52.2 Å². The highest BCUT2D eigenvalue weighted by molar-refractivity contribution is 9.10. The van der Waals surface area contributed by atoms with Crippen molar-refractivity contribution in [1.29, 1.82) is 0 Å². The Morgan fingerprint density at radius 1 is 1.24 bits per heavy atom. The summed E-state index contributed by atoms with van der Waals surface area (Å²) in [6.07, 6.45) is 0.572. The Morgan fingerprint density at radius 3 is 2.52 bits per heavy atom. The molecule has 0 unspecified atom stereocenters. The van der Waals surface area contributed by atoms with E-state index in [1.54, 1.807) is 24.3 Å². The summed E-state index contributed by atoms with van der Waals surface area (Å²) >= 11 is 3.12. The Hall–Kier alpha value is -1.89. The minimum Gasteiger partial charge on any atom is -0.444 e. The van der Waals surface area contributed by atoms with Gasteiger partial charge in [0.05, 0.1) is 0 Å². The number of alkyl halides is 2. The molecule has 0 aliphatic carbocycles. The van der Waals surface area contributed by atoms with Crippen molar-refractivity contribution >= 4 is 21.8 Å². The smallest absolute Gasteiger partial charge is 0.387 e. The molecule has 1 N–H and O–H groups in total. The van der Waals surface area contributed by atoms with E-state index in [2.05, 4.69) is 26.0 Å². The van der Waals surface area contributed by atoms with Gasteiger partial charge in [-0.25, -0.2) is 0 Å². The van der Waals surface area contributed by atoms with Gasteiger partial charge in [0.15, 0.2) is 10.4 Å². The average molecular weight is 360 g/mol. The molecule has 1 aromatic carbocycles. The average Bonchev–Trinajstić information content (AvgIpc) is 2.87. The van der Waals surface area contributed by atoms with E-state index in [1.807, 2.05) is 0 Å². The molecule has 1 amide bonds. The maximum atomic E-state index is 12.0. The molecule has 1 aromatic heterocycles. The molecule has 4 nitrogen and oxygen atoms in total. The zero-order chi connectivity index (χ0) is 15.2. The van der Waals surface area contributed by atoms with Gasteiger partial charge >= 0.3 is 6.61 Å². The molecule has 21 heavy (non-hydrogen) atoms. The lowest BCUT2D eigenvalue weighted by Crippen LogP contribution is -2.25. The lowest BCUT2D eigenvalue weighted by molar-refractivity contribution is -0.0498. The van der Waals surface area contributed by atoms with E-state index in [4.69, 9.17) is 4.42 Å². The maximum absolute atomic E-state index is 12.0. The van der Waals surface area contributed by atoms with Gasteiger partial charge in [-0.15, -0.1) is 0 Å². The first-order valence-corrected chi connectivity index (χ1v) is 6.91. The lowest BCUT2D eigenvalue weighted by atomic mass is 10.1. The van der Waals surface area contributed by atoms with Gasteiger partial charge in [0, 0.05) is 6.54 Å². The molecule has 0 radical (unpaired) electrons. The number of benzene rings is 1. The van der Waals surface area contributed by atoms with Crippen molar-refractivity contribution in [1.82, 2.24) is 5.32 Å². The first kappa shape index (κ1) is 15.5. The molecule has 0 spiro atoms. The minimum absolute atomic E-state index is 0.109. The summed E-state index contributed by atoms with van der Waals surface area (Å²) in [6.45, 7) is -2.42. The molecule has 0 saturated heterocycles. The normalized spacial score (nSPS) is 10.7. The molecule has 0 fully saturated rings. The highest BCUT2D eigenvalue weighted by atomic mass is 79.9. The second-order valence-electron chi connectivity index (χ2n) is 4.13. The van der Waals surface area contributed by atoms with Crippen molar-refractivity contribution in [2.75, 3.05) is 6.54 Å². The number of hydrogen-bond acceptors (Lipinski definition) is 3. The highest BCUT2D eigenvalue weighted by Gasteiger charge is 2.09. The minimum atomic E-state index is -2.83. The molecule has 0 aliphatic rings. The molecule has 112 valence electrons. The van der Waals surface area contributed by atoms with Crippen LogP contribution in [-0.2, 0) is 6.42 Å². The molecule has 0 aliphatic heterocycles. The molecular formula is C14H12BrF2NO3. The topological polar surface area (TPSA) is 51.5 Å². The monoisotopic (exact) mass is 359 g/mol. The zero-order valence-corrected chi connectivity index (χ0v) is 12.4. The van der Waals surface area contributed by atoms with Crippen molar-refractivity contribution < 1.29 is 22.7 Å². The summed E-state index contributed by atoms with van der Waals surface area (Å²) < 4.78 is 33.8. The SMILES string of the molecule is O=C(NCCc1ccc(OC(F)F)cc1)c1ccc(Br)o1. The van der Waals surface area contributed by atoms with Crippen LogP contribution in [0.25, 0.3) is 0 Å². The molecule has 0 saturated carbocycles. The fourth-order valence-corrected chi connectivity index (χ4v) is 1.99. The van der Waals surface area contributed by atoms with Crippen LogP contribution < -0.4 is 10.1 Å². The second kappa shape index (κ2) is 7.21. The standard InChI is InChI=1S/C14H12BrF2NO3/c15-12-6-5-11(21-12)13(19)18-8-7-9-1-3-10(4-2-9)20-14(16)17/h1-6,14H,7-8H2,(H,18,19). The van der Waals surface area contributed by atoms with Crippen molar-refractivity contribution in [3.63, 3.8) is 0 Å². The van der Waals surface area contributed by atoms with E-state index in [9.17, 15) is 13.6 Å². The van der Waals surface area contributed by atoms with E-state index in [0.717, 1.165) is 5.56 Å². The van der Waals surface area contributed by atoms with Gasteiger partial charge in [-0.1, -0.05) is 12.1 Å². The van der Waals surface area contributed by atoms with Gasteiger partial charge in [0.1, 0.15) is 5.75 Å². The summed E-state index contributed by atoms with van der Waals surface area (Å²) in [5.41, 5.74) is 0.901. The number of furan rings is 1. The fraction of sp³-hybridized carbons (Fsp3) is 0.214. The molecule has 7 heteroatoms. The van der Waals surface area contributed by atoms with E-state index < -0.39 is 6.61 Å².